The molecule has 5 rings (SSSR count). The Hall–Kier alpha value is -4.34. The lowest BCUT2D eigenvalue weighted by atomic mass is 9.99. The van der Waals surface area contributed by atoms with E-state index in [9.17, 15) is 27.6 Å². The number of rotatable bonds is 4. The number of amides is 3. The number of aryl methyl sites for hydroxylation is 1. The molecule has 7 nitrogen and oxygen atoms in total. The predicted octanol–water partition coefficient (Wildman–Crippen LogP) is 4.40. The fourth-order valence-electron chi connectivity index (χ4n) is 4.69. The minimum Gasteiger partial charge on any atom is -0.376 e. The molecule has 3 aromatic rings. The van der Waals surface area contributed by atoms with E-state index in [1.165, 1.54) is 29.2 Å². The van der Waals surface area contributed by atoms with Crippen LogP contribution in [0, 0.1) is 6.92 Å². The molecule has 10 heteroatoms. The molecule has 3 amide bonds. The van der Waals surface area contributed by atoms with E-state index in [1.54, 1.807) is 11.0 Å². The molecule has 0 aliphatic carbocycles. The number of benzene rings is 3. The van der Waals surface area contributed by atoms with Gasteiger partial charge in [-0.1, -0.05) is 35.9 Å². The van der Waals surface area contributed by atoms with Crippen molar-refractivity contribution in [2.24, 2.45) is 0 Å². The van der Waals surface area contributed by atoms with Crippen LogP contribution in [0.5, 0.6) is 0 Å². The van der Waals surface area contributed by atoms with Gasteiger partial charge in [-0.3, -0.25) is 14.4 Å². The fraction of sp³-hybridized carbons (Fsp3) is 0.250. The van der Waals surface area contributed by atoms with Crippen molar-refractivity contribution in [1.82, 2.24) is 9.80 Å². The number of nitrogens with one attached hydrogen (secondary N) is 2. The Kier molecular flexibility index (Phi) is 6.56. The SMILES string of the molecule is Cc1ccc(NCC(=O)N2CCN3C(=O)c4cc(-c5cccc(C(F)(F)F)c5)ccc4NC(=O)C3C2)cc1. The van der Waals surface area contributed by atoms with Crippen LogP contribution in [0.25, 0.3) is 11.1 Å². The zero-order chi connectivity index (χ0) is 27.0. The smallest absolute Gasteiger partial charge is 0.376 e. The molecule has 2 aliphatic rings. The first-order valence-electron chi connectivity index (χ1n) is 12.1. The summed E-state index contributed by atoms with van der Waals surface area (Å²) in [5, 5.41) is 5.83. The second-order valence-electron chi connectivity index (χ2n) is 9.40. The number of anilines is 2. The van der Waals surface area contributed by atoms with Gasteiger partial charge in [0, 0.05) is 18.8 Å². The number of fused-ring (bicyclic) bond motifs is 2. The first-order chi connectivity index (χ1) is 18.1. The average molecular weight is 523 g/mol. The number of carbonyl (C=O) groups excluding carboxylic acids is 3. The summed E-state index contributed by atoms with van der Waals surface area (Å²) in [6.07, 6.45) is -4.49. The van der Waals surface area contributed by atoms with E-state index >= 15 is 0 Å². The fourth-order valence-corrected chi connectivity index (χ4v) is 4.69. The maximum atomic E-state index is 13.5. The lowest BCUT2D eigenvalue weighted by molar-refractivity contribution is -0.137. The normalized spacial score (nSPS) is 17.3. The molecule has 1 unspecified atom stereocenters. The molecule has 2 N–H and O–H groups in total. The van der Waals surface area contributed by atoms with Crippen molar-refractivity contribution >= 4 is 29.1 Å². The van der Waals surface area contributed by atoms with Gasteiger partial charge in [0.2, 0.25) is 11.8 Å². The van der Waals surface area contributed by atoms with Crippen molar-refractivity contribution in [3.63, 3.8) is 0 Å². The molecule has 0 aromatic heterocycles. The van der Waals surface area contributed by atoms with Gasteiger partial charge in [0.25, 0.3) is 5.91 Å². The van der Waals surface area contributed by atoms with Crippen LogP contribution < -0.4 is 10.6 Å². The van der Waals surface area contributed by atoms with E-state index in [0.717, 1.165) is 23.4 Å². The summed E-state index contributed by atoms with van der Waals surface area (Å²) >= 11 is 0. The molecule has 1 fully saturated rings. The monoisotopic (exact) mass is 522 g/mol. The highest BCUT2D eigenvalue weighted by molar-refractivity contribution is 6.10. The van der Waals surface area contributed by atoms with E-state index < -0.39 is 29.6 Å². The minimum atomic E-state index is -4.49. The lowest BCUT2D eigenvalue weighted by Gasteiger charge is -2.39. The van der Waals surface area contributed by atoms with E-state index in [1.807, 2.05) is 31.2 Å². The van der Waals surface area contributed by atoms with Crippen LogP contribution in [0.15, 0.2) is 66.7 Å². The van der Waals surface area contributed by atoms with Crippen LogP contribution in [-0.2, 0) is 15.8 Å². The van der Waals surface area contributed by atoms with Gasteiger partial charge in [-0.15, -0.1) is 0 Å². The molecule has 38 heavy (non-hydrogen) atoms. The van der Waals surface area contributed by atoms with Crippen molar-refractivity contribution in [1.29, 1.82) is 0 Å². The van der Waals surface area contributed by atoms with Gasteiger partial charge < -0.3 is 20.4 Å². The molecule has 0 saturated carbocycles. The molecule has 1 atom stereocenters. The van der Waals surface area contributed by atoms with E-state index in [2.05, 4.69) is 10.6 Å². The first kappa shape index (κ1) is 25.3. The summed E-state index contributed by atoms with van der Waals surface area (Å²) in [5.41, 5.74) is 2.32. The third-order valence-electron chi connectivity index (χ3n) is 6.82. The quantitative estimate of drug-likeness (QED) is 0.533. The zero-order valence-electron chi connectivity index (χ0n) is 20.5. The topological polar surface area (TPSA) is 81.8 Å². The zero-order valence-corrected chi connectivity index (χ0v) is 20.5. The Bertz CT molecular complexity index is 1410. The van der Waals surface area contributed by atoms with Crippen LogP contribution in [0.4, 0.5) is 24.5 Å². The number of hydrogen-bond donors (Lipinski definition) is 2. The molecule has 2 heterocycles. The number of carbonyl (C=O) groups is 3. The van der Waals surface area contributed by atoms with Crippen molar-refractivity contribution < 1.29 is 27.6 Å². The Morgan fingerprint density at radius 3 is 2.47 bits per heavy atom. The van der Waals surface area contributed by atoms with Gasteiger partial charge in [-0.05, 0) is 54.4 Å². The van der Waals surface area contributed by atoms with Crippen LogP contribution in [0.2, 0.25) is 0 Å². The van der Waals surface area contributed by atoms with E-state index in [0.29, 0.717) is 11.1 Å². The summed E-state index contributed by atoms with van der Waals surface area (Å²) < 4.78 is 39.6. The average Bonchev–Trinajstić information content (AvgIpc) is 3.01. The summed E-state index contributed by atoms with van der Waals surface area (Å²) in [6, 6.07) is 16.2. The van der Waals surface area contributed by atoms with Crippen molar-refractivity contribution in [2.75, 3.05) is 36.8 Å². The summed E-state index contributed by atoms with van der Waals surface area (Å²) in [6.45, 7) is 2.47. The highest BCUT2D eigenvalue weighted by atomic mass is 19.4. The van der Waals surface area contributed by atoms with Gasteiger partial charge in [0.15, 0.2) is 0 Å². The second kappa shape index (κ2) is 9.85. The van der Waals surface area contributed by atoms with Crippen molar-refractivity contribution in [3.8, 4) is 11.1 Å². The van der Waals surface area contributed by atoms with Gasteiger partial charge in [-0.2, -0.15) is 13.2 Å². The second-order valence-corrected chi connectivity index (χ2v) is 9.40. The molecule has 0 radical (unpaired) electrons. The minimum absolute atomic E-state index is 0.0421. The highest BCUT2D eigenvalue weighted by Crippen LogP contribution is 2.34. The molecule has 2 aliphatic heterocycles. The Balaban J connectivity index is 1.33. The van der Waals surface area contributed by atoms with Crippen LogP contribution in [0.1, 0.15) is 21.5 Å². The third kappa shape index (κ3) is 5.06. The Morgan fingerprint density at radius 1 is 1.00 bits per heavy atom. The van der Waals surface area contributed by atoms with Gasteiger partial charge in [0.05, 0.1) is 29.9 Å². The van der Waals surface area contributed by atoms with Crippen LogP contribution >= 0.6 is 0 Å². The molecule has 3 aromatic carbocycles. The van der Waals surface area contributed by atoms with Crippen molar-refractivity contribution in [2.45, 2.75) is 19.1 Å². The summed E-state index contributed by atoms with van der Waals surface area (Å²) in [7, 11) is 0. The van der Waals surface area contributed by atoms with E-state index in [4.69, 9.17) is 0 Å². The number of nitrogens with zero attached hydrogens (tertiary/aromatic N) is 2. The first-order valence-corrected chi connectivity index (χ1v) is 12.1. The number of piperazine rings is 1. The van der Waals surface area contributed by atoms with Crippen LogP contribution in [0.3, 0.4) is 0 Å². The van der Waals surface area contributed by atoms with Crippen LogP contribution in [-0.4, -0.2) is 59.7 Å². The summed E-state index contributed by atoms with van der Waals surface area (Å²) in [5.74, 6) is -1.03. The Labute approximate surface area is 217 Å². The van der Waals surface area contributed by atoms with Gasteiger partial charge in [-0.25, -0.2) is 0 Å². The maximum absolute atomic E-state index is 13.5. The van der Waals surface area contributed by atoms with E-state index in [-0.39, 0.29) is 43.3 Å². The maximum Gasteiger partial charge on any atom is 0.416 e. The van der Waals surface area contributed by atoms with Gasteiger partial charge in [0.1, 0.15) is 6.04 Å². The third-order valence-corrected chi connectivity index (χ3v) is 6.82. The molecule has 0 bridgehead atoms. The largest absolute Gasteiger partial charge is 0.416 e. The lowest BCUT2D eigenvalue weighted by Crippen LogP contribution is -2.60. The number of halogens is 3. The standard InChI is InChI=1S/C28H25F3N4O3/c1-17-5-8-21(9-6-17)32-15-25(36)34-11-12-35-24(16-34)26(37)33-23-10-7-19(14-22(23)27(35)38)18-3-2-4-20(13-18)28(29,30)31/h2-10,13-14,24,32H,11-12,15-16H2,1H3,(H,33,37). The highest BCUT2D eigenvalue weighted by Gasteiger charge is 2.40. The van der Waals surface area contributed by atoms with Gasteiger partial charge >= 0.3 is 6.18 Å². The summed E-state index contributed by atoms with van der Waals surface area (Å²) in [4.78, 5) is 42.4. The van der Waals surface area contributed by atoms with Crippen molar-refractivity contribution in [3.05, 3.63) is 83.4 Å². The Morgan fingerprint density at radius 2 is 1.74 bits per heavy atom. The molecular formula is C28H25F3N4O3. The number of hydrogen-bond acceptors (Lipinski definition) is 4. The molecule has 1 saturated heterocycles. The molecular weight excluding hydrogens is 497 g/mol. The molecule has 196 valence electrons. The predicted molar refractivity (Wildman–Crippen MR) is 137 cm³/mol. The molecule has 0 spiro atoms. The number of alkyl halides is 3.